The van der Waals surface area contributed by atoms with Crippen molar-refractivity contribution in [2.45, 2.75) is 63.7 Å². The first-order chi connectivity index (χ1) is 7.65. The quantitative estimate of drug-likeness (QED) is 0.827. The Kier molecular flexibility index (Phi) is 4.64. The maximum absolute atomic E-state index is 11.7. The molecule has 0 aliphatic heterocycles. The Morgan fingerprint density at radius 2 is 1.94 bits per heavy atom. The van der Waals surface area contributed by atoms with E-state index in [0.29, 0.717) is 31.1 Å². The first-order valence-electron chi connectivity index (χ1n) is 6.56. The van der Waals surface area contributed by atoms with Gasteiger partial charge in [-0.2, -0.15) is 0 Å². The highest BCUT2D eigenvalue weighted by Crippen LogP contribution is 2.40. The lowest BCUT2D eigenvalue weighted by atomic mass is 9.85. The Morgan fingerprint density at radius 1 is 1.35 bits per heavy atom. The molecule has 1 N–H and O–H groups in total. The van der Waals surface area contributed by atoms with Gasteiger partial charge < -0.3 is 5.11 Å². The molecule has 0 radical (unpaired) electrons. The Hall–Kier alpha value is -0.0900. The van der Waals surface area contributed by atoms with Crippen LogP contribution in [0.5, 0.6) is 0 Å². The van der Waals surface area contributed by atoms with Crippen molar-refractivity contribution in [2.24, 2.45) is 11.8 Å². The third-order valence-electron chi connectivity index (χ3n) is 3.77. The van der Waals surface area contributed by atoms with E-state index in [9.17, 15) is 13.5 Å². The van der Waals surface area contributed by atoms with Crippen LogP contribution in [0.3, 0.4) is 0 Å². The van der Waals surface area contributed by atoms with E-state index in [1.807, 2.05) is 0 Å². The minimum absolute atomic E-state index is 0.377. The molecule has 3 unspecified atom stereocenters. The van der Waals surface area contributed by atoms with Gasteiger partial charge in [0, 0.05) is 6.26 Å². The molecule has 1 aliphatic rings. The van der Waals surface area contributed by atoms with Gasteiger partial charge in [0.25, 0.3) is 0 Å². The zero-order chi connectivity index (χ0) is 13.3. The molecule has 1 fully saturated rings. The summed E-state index contributed by atoms with van der Waals surface area (Å²) < 4.78 is 23.4. The third kappa shape index (κ3) is 3.95. The van der Waals surface area contributed by atoms with Crippen molar-refractivity contribution < 1.29 is 13.5 Å². The average Bonchev–Trinajstić information content (AvgIpc) is 2.43. The first-order valence-corrected chi connectivity index (χ1v) is 8.52. The molecule has 0 aromatic heterocycles. The fraction of sp³-hybridized carbons (Fsp3) is 1.00. The Morgan fingerprint density at radius 3 is 2.41 bits per heavy atom. The Bertz CT molecular complexity index is 348. The minimum Gasteiger partial charge on any atom is -0.389 e. The molecule has 17 heavy (non-hydrogen) atoms. The van der Waals surface area contributed by atoms with Crippen molar-refractivity contribution in [2.75, 3.05) is 6.26 Å². The van der Waals surface area contributed by atoms with Gasteiger partial charge in [0.2, 0.25) is 0 Å². The van der Waals surface area contributed by atoms with Gasteiger partial charge in [-0.3, -0.25) is 0 Å². The van der Waals surface area contributed by atoms with Crippen LogP contribution in [-0.4, -0.2) is 30.6 Å². The van der Waals surface area contributed by atoms with E-state index in [-0.39, 0.29) is 0 Å². The van der Waals surface area contributed by atoms with Crippen LogP contribution in [0.2, 0.25) is 0 Å². The lowest BCUT2D eigenvalue weighted by Crippen LogP contribution is -2.43. The lowest BCUT2D eigenvalue weighted by Gasteiger charge is -2.32. The monoisotopic (exact) mass is 262 g/mol. The van der Waals surface area contributed by atoms with Crippen LogP contribution in [0.25, 0.3) is 0 Å². The summed E-state index contributed by atoms with van der Waals surface area (Å²) in [6.45, 7) is 6.42. The molecule has 4 heteroatoms. The van der Waals surface area contributed by atoms with E-state index >= 15 is 0 Å². The number of aliphatic hydroxyl groups is 1. The zero-order valence-corrected chi connectivity index (χ0v) is 12.3. The SMILES string of the molecule is CC(C)CC(C)CC1(O)CCCC1S(C)(=O)=O. The second kappa shape index (κ2) is 5.27. The molecule has 1 saturated carbocycles. The van der Waals surface area contributed by atoms with Crippen LogP contribution in [0, 0.1) is 11.8 Å². The fourth-order valence-electron chi connectivity index (χ4n) is 3.36. The smallest absolute Gasteiger partial charge is 0.153 e. The molecule has 0 amide bonds. The molecule has 3 nitrogen and oxygen atoms in total. The van der Waals surface area contributed by atoms with Crippen molar-refractivity contribution >= 4 is 9.84 Å². The topological polar surface area (TPSA) is 54.4 Å². The van der Waals surface area contributed by atoms with Crippen molar-refractivity contribution in [3.63, 3.8) is 0 Å². The summed E-state index contributed by atoms with van der Waals surface area (Å²) in [5.74, 6) is 0.967. The van der Waals surface area contributed by atoms with Gasteiger partial charge in [0.05, 0.1) is 10.9 Å². The molecule has 102 valence electrons. The van der Waals surface area contributed by atoms with Gasteiger partial charge in [-0.05, 0) is 43.9 Å². The lowest BCUT2D eigenvalue weighted by molar-refractivity contribution is 0.0249. The molecule has 1 aliphatic carbocycles. The van der Waals surface area contributed by atoms with E-state index in [4.69, 9.17) is 0 Å². The maximum Gasteiger partial charge on any atom is 0.153 e. The molecule has 3 atom stereocenters. The van der Waals surface area contributed by atoms with Gasteiger partial charge in [0.15, 0.2) is 9.84 Å². The van der Waals surface area contributed by atoms with E-state index < -0.39 is 20.7 Å². The van der Waals surface area contributed by atoms with Crippen molar-refractivity contribution in [1.82, 2.24) is 0 Å². The van der Waals surface area contributed by atoms with Crippen LogP contribution < -0.4 is 0 Å². The molecular formula is C13H26O3S. The van der Waals surface area contributed by atoms with Crippen molar-refractivity contribution in [3.8, 4) is 0 Å². The summed E-state index contributed by atoms with van der Waals surface area (Å²) >= 11 is 0. The number of rotatable bonds is 5. The van der Waals surface area contributed by atoms with E-state index in [1.54, 1.807) is 0 Å². The van der Waals surface area contributed by atoms with Gasteiger partial charge >= 0.3 is 0 Å². The Labute approximate surface area is 106 Å². The van der Waals surface area contributed by atoms with Crippen LogP contribution in [-0.2, 0) is 9.84 Å². The largest absolute Gasteiger partial charge is 0.389 e. The molecule has 0 bridgehead atoms. The van der Waals surface area contributed by atoms with E-state index in [1.165, 1.54) is 6.26 Å². The highest BCUT2D eigenvalue weighted by atomic mass is 32.2. The predicted molar refractivity (Wildman–Crippen MR) is 70.7 cm³/mol. The predicted octanol–water partition coefficient (Wildman–Crippen LogP) is 2.39. The molecule has 0 saturated heterocycles. The van der Waals surface area contributed by atoms with E-state index in [0.717, 1.165) is 12.8 Å². The fourth-order valence-corrected chi connectivity index (χ4v) is 4.97. The van der Waals surface area contributed by atoms with E-state index in [2.05, 4.69) is 20.8 Å². The summed E-state index contributed by atoms with van der Waals surface area (Å²) in [4.78, 5) is 0. The van der Waals surface area contributed by atoms with Crippen LogP contribution in [0.15, 0.2) is 0 Å². The summed E-state index contributed by atoms with van der Waals surface area (Å²) in [5, 5.41) is 10.0. The number of hydrogen-bond donors (Lipinski definition) is 1. The summed E-state index contributed by atoms with van der Waals surface area (Å²) in [7, 11) is -3.13. The molecule has 0 aromatic rings. The molecule has 0 spiro atoms. The molecule has 1 rings (SSSR count). The normalized spacial score (nSPS) is 32.0. The highest BCUT2D eigenvalue weighted by molar-refractivity contribution is 7.91. The first kappa shape index (κ1) is 15.0. The van der Waals surface area contributed by atoms with Crippen LogP contribution in [0.4, 0.5) is 0 Å². The van der Waals surface area contributed by atoms with Gasteiger partial charge in [-0.15, -0.1) is 0 Å². The Balaban J connectivity index is 2.73. The number of sulfone groups is 1. The summed E-state index contributed by atoms with van der Waals surface area (Å²) in [6, 6.07) is 0. The minimum atomic E-state index is -3.13. The molecule has 0 heterocycles. The maximum atomic E-state index is 11.7. The standard InChI is InChI=1S/C13H26O3S/c1-10(2)8-11(3)9-13(14)7-5-6-12(13)17(4,15)16/h10-12,14H,5-9H2,1-4H3. The molecule has 0 aromatic carbocycles. The van der Waals surface area contributed by atoms with Crippen molar-refractivity contribution in [3.05, 3.63) is 0 Å². The van der Waals surface area contributed by atoms with Gasteiger partial charge in [-0.25, -0.2) is 8.42 Å². The molecular weight excluding hydrogens is 236 g/mol. The zero-order valence-electron chi connectivity index (χ0n) is 11.4. The summed E-state index contributed by atoms with van der Waals surface area (Å²) in [6.07, 6.45) is 4.97. The second-order valence-corrected chi connectivity index (χ2v) is 8.48. The van der Waals surface area contributed by atoms with Crippen LogP contribution >= 0.6 is 0 Å². The summed E-state index contributed by atoms with van der Waals surface area (Å²) in [5.41, 5.74) is -0.984. The second-order valence-electron chi connectivity index (χ2n) is 6.25. The van der Waals surface area contributed by atoms with Gasteiger partial charge in [-0.1, -0.05) is 20.8 Å². The number of hydrogen-bond acceptors (Lipinski definition) is 3. The van der Waals surface area contributed by atoms with Crippen LogP contribution in [0.1, 0.15) is 52.9 Å². The average molecular weight is 262 g/mol. The highest BCUT2D eigenvalue weighted by Gasteiger charge is 2.47. The van der Waals surface area contributed by atoms with Gasteiger partial charge in [0.1, 0.15) is 0 Å². The van der Waals surface area contributed by atoms with Crippen molar-refractivity contribution in [1.29, 1.82) is 0 Å². The third-order valence-corrected chi connectivity index (χ3v) is 5.48.